The second-order valence-electron chi connectivity index (χ2n) is 5.31. The van der Waals surface area contributed by atoms with Crippen LogP contribution in [0.1, 0.15) is 37.7 Å². The Kier molecular flexibility index (Phi) is 6.67. The van der Waals surface area contributed by atoms with E-state index in [0.29, 0.717) is 24.2 Å². The monoisotopic (exact) mass is 375 g/mol. The predicted molar refractivity (Wildman–Crippen MR) is 87.1 cm³/mol. The fourth-order valence-electron chi connectivity index (χ4n) is 2.47. The fraction of sp³-hybridized carbons (Fsp3) is 0.600. The Morgan fingerprint density at radius 1 is 1.14 bits per heavy atom. The molecular formula is C15H22BrNO3S. The molecule has 4 nitrogen and oxygen atoms in total. The first-order valence-electron chi connectivity index (χ1n) is 7.38. The first kappa shape index (κ1) is 16.9. The van der Waals surface area contributed by atoms with E-state index >= 15 is 0 Å². The molecule has 1 aliphatic rings. The molecule has 6 heteroatoms. The summed E-state index contributed by atoms with van der Waals surface area (Å²) < 4.78 is 32.5. The van der Waals surface area contributed by atoms with Gasteiger partial charge in [0.1, 0.15) is 0 Å². The molecule has 0 spiro atoms. The molecule has 1 N–H and O–H groups in total. The second-order valence-corrected chi connectivity index (χ2v) is 7.63. The number of sulfonamides is 1. The summed E-state index contributed by atoms with van der Waals surface area (Å²) in [7, 11) is -3.43. The maximum atomic E-state index is 12.1. The van der Waals surface area contributed by atoms with Crippen molar-refractivity contribution in [3.63, 3.8) is 0 Å². The fourth-order valence-corrected chi connectivity index (χ4v) is 3.86. The number of halogens is 1. The average Bonchev–Trinajstić information content (AvgIpc) is 2.53. The van der Waals surface area contributed by atoms with Crippen LogP contribution in [-0.2, 0) is 20.1 Å². The molecular weight excluding hydrogens is 354 g/mol. The first-order chi connectivity index (χ1) is 10.1. The molecule has 1 fully saturated rings. The Morgan fingerprint density at radius 2 is 1.81 bits per heavy atom. The lowest BCUT2D eigenvalue weighted by Crippen LogP contribution is -2.29. The third-order valence-corrected chi connectivity index (χ3v) is 5.81. The highest BCUT2D eigenvalue weighted by atomic mass is 79.9. The van der Waals surface area contributed by atoms with Crippen molar-refractivity contribution in [2.45, 2.75) is 48.4 Å². The minimum absolute atomic E-state index is 0.296. The largest absolute Gasteiger partial charge is 0.377 e. The Hall–Kier alpha value is -0.430. The van der Waals surface area contributed by atoms with Gasteiger partial charge in [-0.25, -0.2) is 13.1 Å². The van der Waals surface area contributed by atoms with E-state index in [4.69, 9.17) is 4.74 Å². The third-order valence-electron chi connectivity index (χ3n) is 3.69. The van der Waals surface area contributed by atoms with Gasteiger partial charge in [-0.15, -0.1) is 0 Å². The predicted octanol–water partition coefficient (Wildman–Crippen LogP) is 3.21. The van der Waals surface area contributed by atoms with Crippen molar-refractivity contribution in [1.29, 1.82) is 0 Å². The van der Waals surface area contributed by atoms with E-state index in [1.807, 2.05) is 12.1 Å². The number of ether oxygens (including phenoxy) is 1. The molecule has 1 aliphatic carbocycles. The van der Waals surface area contributed by atoms with E-state index < -0.39 is 10.0 Å². The summed E-state index contributed by atoms with van der Waals surface area (Å²) in [6.45, 7) is 0.752. The van der Waals surface area contributed by atoms with Crippen LogP contribution in [0.15, 0.2) is 29.2 Å². The molecule has 0 bridgehead atoms. The van der Waals surface area contributed by atoms with Gasteiger partial charge in [0.25, 0.3) is 0 Å². The quantitative estimate of drug-likeness (QED) is 0.587. The Morgan fingerprint density at radius 3 is 2.43 bits per heavy atom. The van der Waals surface area contributed by atoms with Crippen molar-refractivity contribution >= 4 is 26.0 Å². The van der Waals surface area contributed by atoms with Crippen LogP contribution in [0.3, 0.4) is 0 Å². The number of hydrogen-bond donors (Lipinski definition) is 1. The molecule has 1 saturated carbocycles. The minimum Gasteiger partial charge on any atom is -0.377 e. The van der Waals surface area contributed by atoms with Gasteiger partial charge >= 0.3 is 0 Å². The normalized spacial score (nSPS) is 17.0. The van der Waals surface area contributed by atoms with Crippen LogP contribution in [0, 0.1) is 0 Å². The number of benzene rings is 1. The van der Waals surface area contributed by atoms with Crippen molar-refractivity contribution in [3.8, 4) is 0 Å². The molecule has 0 unspecified atom stereocenters. The van der Waals surface area contributed by atoms with Crippen molar-refractivity contribution in [1.82, 2.24) is 4.72 Å². The van der Waals surface area contributed by atoms with Crippen LogP contribution in [0.25, 0.3) is 0 Å². The summed E-state index contributed by atoms with van der Waals surface area (Å²) in [5.74, 6) is 0. The van der Waals surface area contributed by atoms with E-state index in [0.717, 1.165) is 23.7 Å². The Labute approximate surface area is 135 Å². The molecule has 0 saturated heterocycles. The zero-order valence-corrected chi connectivity index (χ0v) is 14.5. The van der Waals surface area contributed by atoms with Crippen LogP contribution >= 0.6 is 15.9 Å². The van der Waals surface area contributed by atoms with Crippen LogP contribution in [0.4, 0.5) is 0 Å². The molecule has 0 aromatic heterocycles. The summed E-state index contributed by atoms with van der Waals surface area (Å²) in [5, 5.41) is 0.718. The average molecular weight is 376 g/mol. The van der Waals surface area contributed by atoms with Gasteiger partial charge < -0.3 is 4.74 Å². The number of rotatable bonds is 7. The highest BCUT2D eigenvalue weighted by molar-refractivity contribution is 9.08. The number of hydrogen-bond acceptors (Lipinski definition) is 3. The highest BCUT2D eigenvalue weighted by Gasteiger charge is 2.15. The second kappa shape index (κ2) is 8.27. The van der Waals surface area contributed by atoms with Crippen LogP contribution in [0.5, 0.6) is 0 Å². The van der Waals surface area contributed by atoms with Gasteiger partial charge in [-0.05, 0) is 30.5 Å². The van der Waals surface area contributed by atoms with Gasteiger partial charge in [0.2, 0.25) is 10.0 Å². The van der Waals surface area contributed by atoms with Gasteiger partial charge in [-0.1, -0.05) is 47.3 Å². The van der Waals surface area contributed by atoms with Crippen molar-refractivity contribution in [2.24, 2.45) is 0 Å². The zero-order valence-electron chi connectivity index (χ0n) is 12.1. The van der Waals surface area contributed by atoms with E-state index in [-0.39, 0.29) is 0 Å². The van der Waals surface area contributed by atoms with E-state index in [9.17, 15) is 8.42 Å². The van der Waals surface area contributed by atoms with E-state index in [1.165, 1.54) is 19.3 Å². The van der Waals surface area contributed by atoms with Gasteiger partial charge in [-0.3, -0.25) is 0 Å². The van der Waals surface area contributed by atoms with Crippen LogP contribution in [0.2, 0.25) is 0 Å². The molecule has 0 heterocycles. The van der Waals surface area contributed by atoms with E-state index in [1.54, 1.807) is 12.1 Å². The molecule has 1 aromatic rings. The first-order valence-corrected chi connectivity index (χ1v) is 9.98. The van der Waals surface area contributed by atoms with Gasteiger partial charge in [0.05, 0.1) is 17.6 Å². The van der Waals surface area contributed by atoms with Gasteiger partial charge in [-0.2, -0.15) is 0 Å². The Bertz CT molecular complexity index is 524. The molecule has 0 amide bonds. The number of nitrogens with one attached hydrogen (secondary N) is 1. The number of alkyl halides is 1. The molecule has 1 aromatic carbocycles. The van der Waals surface area contributed by atoms with Crippen molar-refractivity contribution in [2.75, 3.05) is 13.2 Å². The summed E-state index contributed by atoms with van der Waals surface area (Å²) >= 11 is 3.34. The summed E-state index contributed by atoms with van der Waals surface area (Å²) in [5.41, 5.74) is 1.05. The maximum absolute atomic E-state index is 12.1. The lowest BCUT2D eigenvalue weighted by Gasteiger charge is -2.22. The SMILES string of the molecule is O=S(=O)(NCCOC1CCCCC1)c1ccc(CBr)cc1. The van der Waals surface area contributed by atoms with Crippen LogP contribution in [-0.4, -0.2) is 27.7 Å². The standard InChI is InChI=1S/C15H22BrNO3S/c16-12-13-6-8-15(9-7-13)21(18,19)17-10-11-20-14-4-2-1-3-5-14/h6-9,14,17H,1-5,10-12H2. The Balaban J connectivity index is 1.77. The smallest absolute Gasteiger partial charge is 0.240 e. The molecule has 21 heavy (non-hydrogen) atoms. The zero-order chi connectivity index (χ0) is 15.1. The summed E-state index contributed by atoms with van der Waals surface area (Å²) in [6, 6.07) is 6.87. The summed E-state index contributed by atoms with van der Waals surface area (Å²) in [6.07, 6.45) is 6.23. The lowest BCUT2D eigenvalue weighted by atomic mass is 9.98. The van der Waals surface area contributed by atoms with Crippen molar-refractivity contribution in [3.05, 3.63) is 29.8 Å². The van der Waals surface area contributed by atoms with E-state index in [2.05, 4.69) is 20.7 Å². The lowest BCUT2D eigenvalue weighted by molar-refractivity contribution is 0.0321. The molecule has 118 valence electrons. The topological polar surface area (TPSA) is 55.4 Å². The van der Waals surface area contributed by atoms with Crippen molar-refractivity contribution < 1.29 is 13.2 Å². The molecule has 0 aliphatic heterocycles. The maximum Gasteiger partial charge on any atom is 0.240 e. The molecule has 2 rings (SSSR count). The molecule has 0 atom stereocenters. The summed E-state index contributed by atoms with van der Waals surface area (Å²) in [4.78, 5) is 0.296. The highest BCUT2D eigenvalue weighted by Crippen LogP contribution is 2.20. The van der Waals surface area contributed by atoms with Gasteiger partial charge in [0.15, 0.2) is 0 Å². The third kappa shape index (κ3) is 5.36. The minimum atomic E-state index is -3.43. The molecule has 0 radical (unpaired) electrons. The van der Waals surface area contributed by atoms with Gasteiger partial charge in [0, 0.05) is 11.9 Å². The van der Waals surface area contributed by atoms with Crippen LogP contribution < -0.4 is 4.72 Å².